The molecule has 0 aliphatic heterocycles. The normalized spacial score (nSPS) is 11.9. The Labute approximate surface area is 183 Å². The molecule has 0 unspecified atom stereocenters. The highest BCUT2D eigenvalue weighted by Gasteiger charge is 2.10. The number of benzene rings is 2. The lowest BCUT2D eigenvalue weighted by molar-refractivity contribution is 0.354. The molecule has 0 fully saturated rings. The van der Waals surface area contributed by atoms with Crippen LogP contribution in [0.25, 0.3) is 10.6 Å². The third kappa shape index (κ3) is 4.37. The molecule has 7 heteroatoms. The third-order valence-electron chi connectivity index (χ3n) is 4.44. The van der Waals surface area contributed by atoms with Crippen LogP contribution in [0.15, 0.2) is 81.5 Å². The van der Waals surface area contributed by atoms with E-state index in [1.807, 2.05) is 47.1 Å². The first kappa shape index (κ1) is 20.1. The van der Waals surface area contributed by atoms with Gasteiger partial charge in [0.05, 0.1) is 37.6 Å². The molecule has 30 heavy (non-hydrogen) atoms. The second-order valence-corrected chi connectivity index (χ2v) is 8.11. The zero-order valence-electron chi connectivity index (χ0n) is 16.7. The quantitative estimate of drug-likeness (QED) is 0.371. The molecule has 152 valence electrons. The van der Waals surface area contributed by atoms with Gasteiger partial charge in [-0.2, -0.15) is 5.10 Å². The largest absolute Gasteiger partial charge is 0.493 e. The number of methoxy groups -OCH3 is 2. The van der Waals surface area contributed by atoms with Gasteiger partial charge in [0.25, 0.3) is 0 Å². The van der Waals surface area contributed by atoms with Crippen molar-refractivity contribution in [3.8, 4) is 22.1 Å². The van der Waals surface area contributed by atoms with Crippen LogP contribution in [0.2, 0.25) is 0 Å². The first-order valence-corrected chi connectivity index (χ1v) is 11.1. The fourth-order valence-electron chi connectivity index (χ4n) is 2.99. The highest BCUT2D eigenvalue weighted by Crippen LogP contribution is 2.30. The van der Waals surface area contributed by atoms with Gasteiger partial charge in [0.15, 0.2) is 11.5 Å². The number of hydrogen-bond acceptors (Lipinski definition) is 6. The molecule has 0 spiro atoms. The number of thiophene rings is 1. The average Bonchev–Trinajstić information content (AvgIpc) is 3.46. The zero-order chi connectivity index (χ0) is 20.8. The van der Waals surface area contributed by atoms with Crippen molar-refractivity contribution in [3.05, 3.63) is 87.4 Å². The summed E-state index contributed by atoms with van der Waals surface area (Å²) < 4.78 is 12.8. The Hall–Kier alpha value is -3.16. The van der Waals surface area contributed by atoms with Gasteiger partial charge < -0.3 is 9.47 Å². The first-order valence-electron chi connectivity index (χ1n) is 9.34. The van der Waals surface area contributed by atoms with Crippen LogP contribution in [0, 0.1) is 0 Å². The average molecular weight is 436 g/mol. The highest BCUT2D eigenvalue weighted by molar-refractivity contribution is 7.14. The molecule has 5 nitrogen and oxygen atoms in total. The van der Waals surface area contributed by atoms with Crippen LogP contribution in [-0.4, -0.2) is 25.1 Å². The molecule has 2 aromatic heterocycles. The smallest absolute Gasteiger partial charge is 0.206 e. The summed E-state index contributed by atoms with van der Waals surface area (Å²) in [6, 6.07) is 20.1. The van der Waals surface area contributed by atoms with Gasteiger partial charge in [0, 0.05) is 10.9 Å². The van der Waals surface area contributed by atoms with Crippen LogP contribution in [-0.2, 0) is 6.54 Å². The number of aromatic nitrogens is 1. The molecule has 0 N–H and O–H groups in total. The maximum Gasteiger partial charge on any atom is 0.206 e. The van der Waals surface area contributed by atoms with Gasteiger partial charge in [-0.3, -0.25) is 4.99 Å². The van der Waals surface area contributed by atoms with Crippen molar-refractivity contribution in [1.29, 1.82) is 0 Å². The van der Waals surface area contributed by atoms with Gasteiger partial charge in [0.1, 0.15) is 0 Å². The van der Waals surface area contributed by atoms with E-state index in [4.69, 9.17) is 19.6 Å². The van der Waals surface area contributed by atoms with Crippen molar-refractivity contribution in [1.82, 2.24) is 4.68 Å². The molecule has 4 rings (SSSR count). The van der Waals surface area contributed by atoms with E-state index in [1.165, 1.54) is 0 Å². The van der Waals surface area contributed by atoms with Gasteiger partial charge in [-0.15, -0.1) is 22.7 Å². The molecular weight excluding hydrogens is 414 g/mol. The van der Waals surface area contributed by atoms with E-state index in [9.17, 15) is 0 Å². The Kier molecular flexibility index (Phi) is 6.41. The lowest BCUT2D eigenvalue weighted by Crippen LogP contribution is -2.12. The Morgan fingerprint density at radius 1 is 0.933 bits per heavy atom. The fraction of sp³-hybridized carbons (Fsp3) is 0.130. The van der Waals surface area contributed by atoms with Gasteiger partial charge in [-0.25, -0.2) is 4.68 Å². The predicted octanol–water partition coefficient (Wildman–Crippen LogP) is 5.28. The van der Waals surface area contributed by atoms with Crippen molar-refractivity contribution in [2.45, 2.75) is 6.54 Å². The summed E-state index contributed by atoms with van der Waals surface area (Å²) in [6.07, 6.45) is 1.78. The SMILES string of the molecule is COc1cccc(C=Nn2c(-c3cccs3)csc2=NCc2ccccc2)c1OC. The number of nitrogens with zero attached hydrogens (tertiary/aromatic N) is 3. The minimum atomic E-state index is 0.600. The van der Waals surface area contributed by atoms with E-state index < -0.39 is 0 Å². The van der Waals surface area contributed by atoms with E-state index in [0.717, 1.165) is 26.5 Å². The van der Waals surface area contributed by atoms with Crippen LogP contribution in [0.1, 0.15) is 11.1 Å². The van der Waals surface area contributed by atoms with Crippen LogP contribution >= 0.6 is 22.7 Å². The van der Waals surface area contributed by atoms with Crippen LogP contribution in [0.5, 0.6) is 11.5 Å². The maximum atomic E-state index is 5.53. The molecule has 0 atom stereocenters. The summed E-state index contributed by atoms with van der Waals surface area (Å²) in [5.74, 6) is 1.32. The number of thiazole rings is 1. The number of rotatable bonds is 7. The summed E-state index contributed by atoms with van der Waals surface area (Å²) in [5.41, 5.74) is 3.01. The highest BCUT2D eigenvalue weighted by atomic mass is 32.1. The zero-order valence-corrected chi connectivity index (χ0v) is 18.3. The molecule has 2 aromatic carbocycles. The Bertz CT molecular complexity index is 1190. The summed E-state index contributed by atoms with van der Waals surface area (Å²) in [5, 5.41) is 8.92. The fourth-order valence-corrected chi connectivity index (χ4v) is 4.62. The maximum absolute atomic E-state index is 5.53. The van der Waals surface area contributed by atoms with Gasteiger partial charge in [-0.1, -0.05) is 42.5 Å². The van der Waals surface area contributed by atoms with Crippen molar-refractivity contribution in [3.63, 3.8) is 0 Å². The second-order valence-electron chi connectivity index (χ2n) is 6.32. The Morgan fingerprint density at radius 3 is 2.53 bits per heavy atom. The molecule has 4 aromatic rings. The van der Waals surface area contributed by atoms with Crippen LogP contribution < -0.4 is 14.3 Å². The standard InChI is InChI=1S/C23H21N3O2S2/c1-27-20-11-6-10-18(22(20)28-2)15-25-26-19(21-12-7-13-29-21)16-30-23(26)24-14-17-8-4-3-5-9-17/h3-13,15-16H,14H2,1-2H3. The van der Waals surface area contributed by atoms with E-state index in [2.05, 4.69) is 29.0 Å². The summed E-state index contributed by atoms with van der Waals surface area (Å²) >= 11 is 3.26. The molecule has 0 saturated heterocycles. The Balaban J connectivity index is 1.76. The summed E-state index contributed by atoms with van der Waals surface area (Å²) in [4.78, 5) is 6.79. The van der Waals surface area contributed by atoms with E-state index >= 15 is 0 Å². The van der Waals surface area contributed by atoms with Crippen molar-refractivity contribution >= 4 is 28.9 Å². The summed E-state index contributed by atoms with van der Waals surface area (Å²) in [6.45, 7) is 0.600. The van der Waals surface area contributed by atoms with E-state index in [0.29, 0.717) is 18.0 Å². The topological polar surface area (TPSA) is 48.1 Å². The molecule has 0 amide bonds. The van der Waals surface area contributed by atoms with Gasteiger partial charge in [0.2, 0.25) is 4.80 Å². The molecule has 0 aliphatic rings. The number of para-hydroxylation sites is 1. The van der Waals surface area contributed by atoms with Crippen molar-refractivity contribution in [2.75, 3.05) is 14.2 Å². The first-order chi connectivity index (χ1) is 14.8. The van der Waals surface area contributed by atoms with Crippen molar-refractivity contribution < 1.29 is 9.47 Å². The van der Waals surface area contributed by atoms with Gasteiger partial charge >= 0.3 is 0 Å². The Morgan fingerprint density at radius 2 is 1.80 bits per heavy atom. The molecular formula is C23H21N3O2S2. The second kappa shape index (κ2) is 9.56. The van der Waals surface area contributed by atoms with E-state index in [-0.39, 0.29) is 0 Å². The predicted molar refractivity (Wildman–Crippen MR) is 124 cm³/mol. The van der Waals surface area contributed by atoms with Crippen LogP contribution in [0.4, 0.5) is 0 Å². The third-order valence-corrected chi connectivity index (χ3v) is 6.19. The lowest BCUT2D eigenvalue weighted by atomic mass is 10.2. The minimum Gasteiger partial charge on any atom is -0.493 e. The monoisotopic (exact) mass is 435 g/mol. The van der Waals surface area contributed by atoms with E-state index in [1.54, 1.807) is 43.1 Å². The van der Waals surface area contributed by atoms with Crippen LogP contribution in [0.3, 0.4) is 0 Å². The lowest BCUT2D eigenvalue weighted by Gasteiger charge is -2.09. The van der Waals surface area contributed by atoms with Crippen molar-refractivity contribution in [2.24, 2.45) is 10.1 Å². The molecule has 0 saturated carbocycles. The summed E-state index contributed by atoms with van der Waals surface area (Å²) in [7, 11) is 3.26. The minimum absolute atomic E-state index is 0.600. The molecule has 0 bridgehead atoms. The number of ether oxygens (including phenoxy) is 2. The number of hydrogen-bond donors (Lipinski definition) is 0. The molecule has 0 aliphatic carbocycles. The van der Waals surface area contributed by atoms with Gasteiger partial charge in [-0.05, 0) is 29.1 Å². The molecule has 2 heterocycles. The molecule has 0 radical (unpaired) electrons.